The van der Waals surface area contributed by atoms with Gasteiger partial charge in [0, 0.05) is 12.0 Å². The van der Waals surface area contributed by atoms with Crippen LogP contribution in [0.1, 0.15) is 44.9 Å². The second-order valence-electron chi connectivity index (χ2n) is 5.84. The number of aliphatic hydroxyl groups excluding tert-OH is 2. The Kier molecular flexibility index (Phi) is 4.15. The van der Waals surface area contributed by atoms with Gasteiger partial charge in [-0.2, -0.15) is 0 Å². The highest BCUT2D eigenvalue weighted by atomic mass is 16.5. The number of rotatable bonds is 6. The first-order valence-electron chi connectivity index (χ1n) is 6.97. The highest BCUT2D eigenvalue weighted by Crippen LogP contribution is 2.55. The highest BCUT2D eigenvalue weighted by Gasteiger charge is 2.66. The van der Waals surface area contributed by atoms with Gasteiger partial charge in [0.05, 0.1) is 6.10 Å². The van der Waals surface area contributed by atoms with Crippen molar-refractivity contribution in [1.82, 2.24) is 5.32 Å². The molecule has 5 N–H and O–H groups in total. The van der Waals surface area contributed by atoms with E-state index in [4.69, 9.17) is 10.2 Å². The first-order valence-corrected chi connectivity index (χ1v) is 6.97. The third kappa shape index (κ3) is 2.27. The van der Waals surface area contributed by atoms with Gasteiger partial charge in [-0.1, -0.05) is 12.8 Å². The summed E-state index contributed by atoms with van der Waals surface area (Å²) in [4.78, 5) is 11.6. The summed E-state index contributed by atoms with van der Waals surface area (Å²) in [5, 5.41) is 40.5. The Balaban J connectivity index is 2.07. The van der Waals surface area contributed by atoms with E-state index in [-0.39, 0.29) is 0 Å². The van der Waals surface area contributed by atoms with Gasteiger partial charge in [0.25, 0.3) is 0 Å². The second-order valence-corrected chi connectivity index (χ2v) is 5.84. The average molecular weight is 273 g/mol. The number of fused-ring (bicyclic) bond motifs is 1. The van der Waals surface area contributed by atoms with Crippen LogP contribution in [0.3, 0.4) is 0 Å². The minimum Gasteiger partial charge on any atom is -0.480 e. The van der Waals surface area contributed by atoms with Crippen molar-refractivity contribution in [2.45, 2.75) is 62.9 Å². The third-order valence-corrected chi connectivity index (χ3v) is 4.96. The third-order valence-electron chi connectivity index (χ3n) is 4.96. The first kappa shape index (κ1) is 14.7. The van der Waals surface area contributed by atoms with Crippen molar-refractivity contribution in [3.63, 3.8) is 0 Å². The molecule has 0 amide bonds. The standard InChI is InChI=1S/C13H23NO5/c15-9-8-14-13(11(18)19)7-3-6-12(9,13)5-2-1-4-10(16)17/h9-10,14-17H,1-8H2,(H,18,19)/t9?,12-,13+/m0/s1. The quantitative estimate of drug-likeness (QED) is 0.339. The number of hydrogen-bond donors (Lipinski definition) is 5. The molecule has 2 fully saturated rings. The molecule has 1 heterocycles. The summed E-state index contributed by atoms with van der Waals surface area (Å²) in [5.41, 5.74) is -1.59. The average Bonchev–Trinajstić information content (AvgIpc) is 2.83. The summed E-state index contributed by atoms with van der Waals surface area (Å²) < 4.78 is 0. The first-order chi connectivity index (χ1) is 8.94. The zero-order valence-electron chi connectivity index (χ0n) is 11.0. The van der Waals surface area contributed by atoms with Crippen molar-refractivity contribution < 1.29 is 25.2 Å². The normalized spacial score (nSPS) is 37.8. The van der Waals surface area contributed by atoms with Gasteiger partial charge in [-0.05, 0) is 32.1 Å². The lowest BCUT2D eigenvalue weighted by Gasteiger charge is -2.39. The molecule has 6 heteroatoms. The SMILES string of the molecule is O=C(O)[C@]12CCC[C@@]1(CCCCC(O)O)C(O)CN2. The lowest BCUT2D eigenvalue weighted by Crippen LogP contribution is -2.56. The fourth-order valence-electron chi connectivity index (χ4n) is 3.98. The molecule has 1 unspecified atom stereocenters. The maximum atomic E-state index is 11.6. The summed E-state index contributed by atoms with van der Waals surface area (Å²) in [6.45, 7) is 0.328. The van der Waals surface area contributed by atoms with Crippen molar-refractivity contribution in [1.29, 1.82) is 0 Å². The predicted molar refractivity (Wildman–Crippen MR) is 67.4 cm³/mol. The smallest absolute Gasteiger partial charge is 0.324 e. The molecule has 6 nitrogen and oxygen atoms in total. The van der Waals surface area contributed by atoms with E-state index < -0.39 is 29.3 Å². The van der Waals surface area contributed by atoms with Gasteiger partial charge < -0.3 is 20.4 Å². The molecule has 0 aromatic carbocycles. The molecule has 0 aromatic heterocycles. The van der Waals surface area contributed by atoms with E-state index in [1.807, 2.05) is 0 Å². The molecule has 110 valence electrons. The van der Waals surface area contributed by atoms with Crippen LogP contribution in [0.5, 0.6) is 0 Å². The van der Waals surface area contributed by atoms with Crippen LogP contribution in [0.4, 0.5) is 0 Å². The molecule has 1 saturated heterocycles. The Morgan fingerprint density at radius 2 is 2.05 bits per heavy atom. The van der Waals surface area contributed by atoms with E-state index >= 15 is 0 Å². The Labute approximate surface area is 112 Å². The van der Waals surface area contributed by atoms with Crippen LogP contribution < -0.4 is 5.32 Å². The molecule has 19 heavy (non-hydrogen) atoms. The summed E-state index contributed by atoms with van der Waals surface area (Å²) in [6.07, 6.45) is 2.37. The van der Waals surface area contributed by atoms with Crippen LogP contribution in [0.2, 0.25) is 0 Å². The van der Waals surface area contributed by atoms with E-state index in [0.717, 1.165) is 12.8 Å². The Morgan fingerprint density at radius 1 is 1.32 bits per heavy atom. The molecule has 2 aliphatic rings. The summed E-state index contributed by atoms with van der Waals surface area (Å²) >= 11 is 0. The molecule has 1 aliphatic heterocycles. The fourth-order valence-corrected chi connectivity index (χ4v) is 3.98. The fraction of sp³-hybridized carbons (Fsp3) is 0.923. The van der Waals surface area contributed by atoms with Gasteiger partial charge >= 0.3 is 5.97 Å². The molecule has 0 radical (unpaired) electrons. The Bertz CT molecular complexity index is 348. The highest BCUT2D eigenvalue weighted by molar-refractivity contribution is 5.81. The number of carbonyl (C=O) groups is 1. The van der Waals surface area contributed by atoms with Crippen LogP contribution in [0, 0.1) is 5.41 Å². The van der Waals surface area contributed by atoms with Crippen LogP contribution in [0.25, 0.3) is 0 Å². The van der Waals surface area contributed by atoms with Gasteiger partial charge in [-0.15, -0.1) is 0 Å². The molecule has 0 bridgehead atoms. The maximum Gasteiger partial charge on any atom is 0.324 e. The molecular weight excluding hydrogens is 250 g/mol. The number of nitrogens with one attached hydrogen (secondary N) is 1. The largest absolute Gasteiger partial charge is 0.480 e. The number of aliphatic carboxylic acids is 1. The summed E-state index contributed by atoms with van der Waals surface area (Å²) in [6, 6.07) is 0. The predicted octanol–water partition coefficient (Wildman–Crippen LogP) is -0.185. The van der Waals surface area contributed by atoms with E-state index in [2.05, 4.69) is 5.32 Å². The lowest BCUT2D eigenvalue weighted by molar-refractivity contribution is -0.150. The van der Waals surface area contributed by atoms with Crippen LogP contribution in [-0.2, 0) is 4.79 Å². The van der Waals surface area contributed by atoms with Crippen molar-refractivity contribution in [2.24, 2.45) is 5.41 Å². The van der Waals surface area contributed by atoms with E-state index in [0.29, 0.717) is 38.6 Å². The molecule has 1 saturated carbocycles. The number of aliphatic hydroxyl groups is 3. The van der Waals surface area contributed by atoms with Crippen molar-refractivity contribution in [3.8, 4) is 0 Å². The number of hydrogen-bond acceptors (Lipinski definition) is 5. The summed E-state index contributed by atoms with van der Waals surface area (Å²) in [5.74, 6) is -0.872. The van der Waals surface area contributed by atoms with Crippen molar-refractivity contribution in [3.05, 3.63) is 0 Å². The number of β-amino-alcohol motifs (C(OH)–C–C–N with tert-alkyl or cyclic N) is 1. The van der Waals surface area contributed by atoms with Crippen molar-refractivity contribution in [2.75, 3.05) is 6.54 Å². The second kappa shape index (κ2) is 5.36. The maximum absolute atomic E-state index is 11.6. The summed E-state index contributed by atoms with van der Waals surface area (Å²) in [7, 11) is 0. The molecule has 0 spiro atoms. The number of carboxylic acids is 1. The monoisotopic (exact) mass is 273 g/mol. The molecular formula is C13H23NO5. The molecule has 1 aliphatic carbocycles. The van der Waals surface area contributed by atoms with E-state index in [9.17, 15) is 15.0 Å². The molecule has 0 aromatic rings. The lowest BCUT2D eigenvalue weighted by atomic mass is 9.68. The minimum absolute atomic E-state index is 0.291. The van der Waals surface area contributed by atoms with Gasteiger partial charge in [-0.3, -0.25) is 10.1 Å². The Morgan fingerprint density at radius 3 is 2.68 bits per heavy atom. The minimum atomic E-state index is -1.31. The van der Waals surface area contributed by atoms with Gasteiger partial charge in [-0.25, -0.2) is 0 Å². The number of carboxylic acid groups (broad SMARTS) is 1. The van der Waals surface area contributed by atoms with E-state index in [1.165, 1.54) is 0 Å². The Hall–Kier alpha value is -0.690. The van der Waals surface area contributed by atoms with Crippen molar-refractivity contribution >= 4 is 5.97 Å². The van der Waals surface area contributed by atoms with Crippen LogP contribution in [-0.4, -0.2) is 50.9 Å². The van der Waals surface area contributed by atoms with Gasteiger partial charge in [0.2, 0.25) is 0 Å². The zero-order chi connectivity index (χ0) is 14.1. The molecule has 2 rings (SSSR count). The number of unbranched alkanes of at least 4 members (excludes halogenated alkanes) is 1. The van der Waals surface area contributed by atoms with Crippen LogP contribution >= 0.6 is 0 Å². The van der Waals surface area contributed by atoms with E-state index in [1.54, 1.807) is 0 Å². The van der Waals surface area contributed by atoms with Gasteiger partial charge in [0.15, 0.2) is 6.29 Å². The van der Waals surface area contributed by atoms with Gasteiger partial charge in [0.1, 0.15) is 5.54 Å². The topological polar surface area (TPSA) is 110 Å². The molecule has 3 atom stereocenters. The van der Waals surface area contributed by atoms with Crippen LogP contribution in [0.15, 0.2) is 0 Å². The zero-order valence-corrected chi connectivity index (χ0v) is 11.0.